The number of aliphatic hydroxyl groups is 3. The minimum Gasteiger partial charge on any atom is -0.509 e. The van der Waals surface area contributed by atoms with Crippen LogP contribution in [0, 0.1) is 15.4 Å². The summed E-state index contributed by atoms with van der Waals surface area (Å²) >= 11 is 2.09. The van der Waals surface area contributed by atoms with E-state index in [1.165, 1.54) is 6.07 Å². The van der Waals surface area contributed by atoms with Gasteiger partial charge in [0.15, 0.2) is 11.4 Å². The lowest BCUT2D eigenvalue weighted by Gasteiger charge is -2.57. The number of aliphatic hydroxyl groups excluding tert-OH is 2. The molecule has 1 amide bonds. The lowest BCUT2D eigenvalue weighted by molar-refractivity contribution is -0.156. The van der Waals surface area contributed by atoms with E-state index in [9.17, 15) is 34.8 Å². The molecule has 0 heterocycles. The van der Waals surface area contributed by atoms with E-state index in [4.69, 9.17) is 5.73 Å². The predicted octanol–water partition coefficient (Wildman–Crippen LogP) is 1.85. The topological polar surface area (TPSA) is 161 Å². The molecule has 0 fully saturated rings. The summed E-state index contributed by atoms with van der Waals surface area (Å²) in [6, 6.07) is 3.08. The molecule has 9 nitrogen and oxygen atoms in total. The quantitative estimate of drug-likeness (QED) is 0.261. The maximum atomic E-state index is 13.7. The number of allylic oxidation sites excluding steroid dienone is 1. The summed E-state index contributed by atoms with van der Waals surface area (Å²) in [5.41, 5.74) is 0.0420. The fourth-order valence-corrected chi connectivity index (χ4v) is 7.23. The van der Waals surface area contributed by atoms with Gasteiger partial charge in [0.1, 0.15) is 22.8 Å². The number of nitrogens with two attached hydrogens (primary N) is 1. The Bertz CT molecular complexity index is 1250. The second-order valence-corrected chi connectivity index (χ2v) is 11.4. The molecule has 1 aromatic carbocycles. The molecule has 3 aliphatic carbocycles. The van der Waals surface area contributed by atoms with Crippen molar-refractivity contribution < 1.29 is 34.8 Å². The highest BCUT2D eigenvalue weighted by atomic mass is 127. The molecule has 4 rings (SSSR count). The van der Waals surface area contributed by atoms with Crippen LogP contribution < -0.4 is 5.73 Å². The molecule has 0 spiro atoms. The van der Waals surface area contributed by atoms with Crippen LogP contribution in [0.5, 0.6) is 5.75 Å². The average molecular weight is 582 g/mol. The van der Waals surface area contributed by atoms with Crippen molar-refractivity contribution in [1.82, 2.24) is 4.90 Å². The zero-order valence-electron chi connectivity index (χ0n) is 19.4. The highest BCUT2D eigenvalue weighted by Crippen LogP contribution is 2.59. The van der Waals surface area contributed by atoms with Gasteiger partial charge in [-0.2, -0.15) is 0 Å². The molecule has 0 aromatic heterocycles. The number of benzene rings is 1. The first-order valence-electron chi connectivity index (χ1n) is 10.7. The van der Waals surface area contributed by atoms with Crippen LogP contribution in [-0.2, 0) is 15.0 Å². The number of hydrogen-bond donors (Lipinski definition) is 5. The number of phenolic OH excluding ortho intramolecular Hbond substituents is 1. The largest absolute Gasteiger partial charge is 0.509 e. The van der Waals surface area contributed by atoms with Crippen LogP contribution in [0.2, 0.25) is 0 Å². The van der Waals surface area contributed by atoms with Crippen molar-refractivity contribution in [3.63, 3.8) is 0 Å². The number of Topliss-reactive ketones (excluding diaryl/α,β-unsaturated/α-hetero) is 2. The number of rotatable bonds is 2. The standard InChI is InChI=1S/C24H27IN2O7/c1-22(2)9-8-12-23(3,27(4)5)18(30)15(21(26)33)20(32)24(12,34)19(31)13(9)17(29)14-11(28)7-6-10(25)16(14)22/h6-7,9,12,28,30-31,34H,8H2,1-5H3,(H2,26,33)/t9?,12?,23-,24-/m0/s1. The number of carbonyl (C=O) groups is 3. The third-order valence-electron chi connectivity index (χ3n) is 8.20. The van der Waals surface area contributed by atoms with Gasteiger partial charge in [0.25, 0.3) is 5.91 Å². The van der Waals surface area contributed by atoms with E-state index in [2.05, 4.69) is 22.6 Å². The second-order valence-electron chi connectivity index (χ2n) is 10.2. The van der Waals surface area contributed by atoms with Gasteiger partial charge in [-0.15, -0.1) is 0 Å². The monoisotopic (exact) mass is 582 g/mol. The van der Waals surface area contributed by atoms with Gasteiger partial charge in [0.05, 0.1) is 11.1 Å². The Balaban J connectivity index is 2.11. The molecule has 0 saturated carbocycles. The molecule has 0 radical (unpaired) electrons. The summed E-state index contributed by atoms with van der Waals surface area (Å²) in [5, 5.41) is 44.9. The molecule has 0 saturated heterocycles. The molecule has 2 unspecified atom stereocenters. The smallest absolute Gasteiger partial charge is 0.255 e. The van der Waals surface area contributed by atoms with Gasteiger partial charge in [-0.25, -0.2) is 0 Å². The average Bonchev–Trinajstić information content (AvgIpc) is 2.73. The van der Waals surface area contributed by atoms with E-state index < -0.39 is 63.0 Å². The Morgan fingerprint density at radius 2 is 1.71 bits per heavy atom. The fourth-order valence-electron chi connectivity index (χ4n) is 6.09. The number of amides is 1. The second kappa shape index (κ2) is 7.28. The highest BCUT2D eigenvalue weighted by Gasteiger charge is 2.68. The van der Waals surface area contributed by atoms with Crippen LogP contribution >= 0.6 is 22.6 Å². The highest BCUT2D eigenvalue weighted by molar-refractivity contribution is 14.1. The molecule has 34 heavy (non-hydrogen) atoms. The van der Waals surface area contributed by atoms with E-state index in [0.29, 0.717) is 5.56 Å². The van der Waals surface area contributed by atoms with Gasteiger partial charge < -0.3 is 26.2 Å². The number of hydrogen-bond acceptors (Lipinski definition) is 8. The number of likely N-dealkylation sites (N-methyl/N-ethyl adjacent to an activating group) is 1. The van der Waals surface area contributed by atoms with Crippen LogP contribution in [0.1, 0.15) is 43.1 Å². The van der Waals surface area contributed by atoms with Crippen LogP contribution in [-0.4, -0.2) is 68.0 Å². The number of fused-ring (bicyclic) bond motifs is 3. The summed E-state index contributed by atoms with van der Waals surface area (Å²) in [6.45, 7) is 5.28. The molecular formula is C24H27IN2O7. The van der Waals surface area contributed by atoms with E-state index >= 15 is 0 Å². The Hall–Kier alpha value is -2.44. The summed E-state index contributed by atoms with van der Waals surface area (Å²) in [4.78, 5) is 40.8. The first kappa shape index (κ1) is 24.7. The van der Waals surface area contributed by atoms with Crippen molar-refractivity contribution in [2.75, 3.05) is 14.1 Å². The summed E-state index contributed by atoms with van der Waals surface area (Å²) in [7, 11) is 3.21. The van der Waals surface area contributed by atoms with Crippen LogP contribution in [0.15, 0.2) is 34.8 Å². The third-order valence-corrected chi connectivity index (χ3v) is 9.10. The number of aromatic hydroxyl groups is 1. The summed E-state index contributed by atoms with van der Waals surface area (Å²) in [6.07, 6.45) is 0.0241. The van der Waals surface area contributed by atoms with Crippen molar-refractivity contribution in [2.24, 2.45) is 17.6 Å². The summed E-state index contributed by atoms with van der Waals surface area (Å²) < 4.78 is 0.747. The zero-order valence-corrected chi connectivity index (χ0v) is 21.6. The molecule has 3 aliphatic rings. The van der Waals surface area contributed by atoms with Crippen LogP contribution in [0.4, 0.5) is 0 Å². The molecule has 4 atom stereocenters. The Labute approximate surface area is 210 Å². The number of ketones is 2. The molecule has 10 heteroatoms. The van der Waals surface area contributed by atoms with Gasteiger partial charge in [0, 0.05) is 21.0 Å². The Morgan fingerprint density at radius 3 is 2.24 bits per heavy atom. The fraction of sp³-hybridized carbons (Fsp3) is 0.458. The maximum absolute atomic E-state index is 13.7. The molecule has 0 aliphatic heterocycles. The first-order chi connectivity index (χ1) is 15.5. The van der Waals surface area contributed by atoms with Crippen molar-refractivity contribution in [3.8, 4) is 5.75 Å². The summed E-state index contributed by atoms with van der Waals surface area (Å²) in [5.74, 6) is -6.73. The Morgan fingerprint density at radius 1 is 1.12 bits per heavy atom. The van der Waals surface area contributed by atoms with E-state index in [1.54, 1.807) is 32.0 Å². The SMILES string of the molecule is CN(C)[C@]1(C)C(O)=C(C(N)=O)C(=O)[C@@]2(O)C(O)=C3C(=O)c4c(O)ccc(I)c4C(C)(C)C3CC21. The molecule has 1 aromatic rings. The van der Waals surface area contributed by atoms with E-state index in [0.717, 1.165) is 3.57 Å². The minimum atomic E-state index is -2.68. The van der Waals surface area contributed by atoms with Gasteiger partial charge in [0.2, 0.25) is 5.78 Å². The van der Waals surface area contributed by atoms with Gasteiger partial charge >= 0.3 is 0 Å². The number of primary amides is 1. The molecule has 182 valence electrons. The predicted molar refractivity (Wildman–Crippen MR) is 130 cm³/mol. The lowest BCUT2D eigenvalue weighted by Crippen LogP contribution is -2.69. The van der Waals surface area contributed by atoms with Gasteiger partial charge in [-0.05, 0) is 73.1 Å². The van der Waals surface area contributed by atoms with Gasteiger partial charge in [-0.1, -0.05) is 13.8 Å². The van der Waals surface area contributed by atoms with Crippen LogP contribution in [0.25, 0.3) is 0 Å². The number of carbonyl (C=O) groups excluding carboxylic acids is 3. The Kier molecular flexibility index (Phi) is 5.28. The van der Waals surface area contributed by atoms with E-state index in [-0.39, 0.29) is 23.3 Å². The van der Waals surface area contributed by atoms with Crippen LogP contribution in [0.3, 0.4) is 0 Å². The normalized spacial score (nSPS) is 32.5. The first-order valence-corrected chi connectivity index (χ1v) is 11.8. The van der Waals surface area contributed by atoms with Crippen molar-refractivity contribution >= 4 is 40.1 Å². The zero-order chi connectivity index (χ0) is 25.7. The maximum Gasteiger partial charge on any atom is 0.255 e. The van der Waals surface area contributed by atoms with Crippen molar-refractivity contribution in [2.45, 2.75) is 43.7 Å². The molecule has 6 N–H and O–H groups in total. The van der Waals surface area contributed by atoms with Crippen molar-refractivity contribution in [1.29, 1.82) is 0 Å². The molecule has 0 bridgehead atoms. The number of halogens is 1. The minimum absolute atomic E-state index is 0.00361. The van der Waals surface area contributed by atoms with Crippen molar-refractivity contribution in [3.05, 3.63) is 49.5 Å². The number of nitrogens with zero attached hydrogens (tertiary/aromatic N) is 1. The lowest BCUT2D eigenvalue weighted by atomic mass is 9.50. The molecular weight excluding hydrogens is 555 g/mol. The third kappa shape index (κ3) is 2.70. The number of phenols is 1. The van der Waals surface area contributed by atoms with E-state index in [1.807, 2.05) is 13.8 Å². The van der Waals surface area contributed by atoms with Gasteiger partial charge in [-0.3, -0.25) is 19.3 Å².